The first kappa shape index (κ1) is 19.0. The van der Waals surface area contributed by atoms with Gasteiger partial charge in [-0.25, -0.2) is 0 Å². The molecule has 1 aliphatic rings. The van der Waals surface area contributed by atoms with Crippen molar-refractivity contribution in [3.05, 3.63) is 56.9 Å². The molecular weight excluding hydrogens is 378 g/mol. The Morgan fingerprint density at radius 3 is 2.89 bits per heavy atom. The minimum absolute atomic E-state index is 0.236. The zero-order valence-corrected chi connectivity index (χ0v) is 17.2. The number of rotatable bonds is 6. The lowest BCUT2D eigenvalue weighted by molar-refractivity contribution is 0.0495. The van der Waals surface area contributed by atoms with Crippen LogP contribution in [0.5, 0.6) is 0 Å². The summed E-state index contributed by atoms with van der Waals surface area (Å²) in [6.07, 6.45) is 0.818. The first-order valence-corrected chi connectivity index (χ1v) is 10.8. The molecule has 1 fully saturated rings. The molecule has 1 aromatic carbocycles. The van der Waals surface area contributed by atoms with E-state index in [0.29, 0.717) is 6.04 Å². The third-order valence-corrected chi connectivity index (χ3v) is 6.69. The van der Waals surface area contributed by atoms with Crippen molar-refractivity contribution in [3.63, 3.8) is 0 Å². The predicted molar refractivity (Wildman–Crippen MR) is 114 cm³/mol. The lowest BCUT2D eigenvalue weighted by Crippen LogP contribution is -2.52. The zero-order valence-electron chi connectivity index (χ0n) is 15.6. The van der Waals surface area contributed by atoms with Gasteiger partial charge in [0.05, 0.1) is 10.5 Å². The summed E-state index contributed by atoms with van der Waals surface area (Å²) >= 11 is 8.11. The van der Waals surface area contributed by atoms with Gasteiger partial charge in [-0.2, -0.15) is 11.3 Å². The maximum Gasteiger partial charge on any atom is 0.0648 e. The number of hydrogen-bond donors (Lipinski definition) is 2. The number of aromatic amines is 1. The third-order valence-electron chi connectivity index (χ3n) is 5.64. The summed E-state index contributed by atoms with van der Waals surface area (Å²) in [5.74, 6) is 0. The molecule has 2 aromatic heterocycles. The van der Waals surface area contributed by atoms with Crippen molar-refractivity contribution in [2.45, 2.75) is 32.5 Å². The standard InChI is InChI=1S/C21H26ClN3OS/c1-15-18-3-2-4-19(22)21(18)23-20(15)13-24-7-8-25(17(12-24)5-9-26)11-16-6-10-27-14-16/h2-4,6,10,14,17,23,26H,5,7-9,11-13H2,1H3. The predicted octanol–water partition coefficient (Wildman–Crippen LogP) is 4.26. The van der Waals surface area contributed by atoms with Crippen molar-refractivity contribution in [1.29, 1.82) is 0 Å². The molecule has 0 aliphatic carbocycles. The normalized spacial score (nSPS) is 19.1. The molecule has 6 heteroatoms. The van der Waals surface area contributed by atoms with Gasteiger partial charge in [-0.15, -0.1) is 0 Å². The van der Waals surface area contributed by atoms with E-state index >= 15 is 0 Å². The van der Waals surface area contributed by atoms with Gasteiger partial charge in [0.25, 0.3) is 0 Å². The first-order valence-electron chi connectivity index (χ1n) is 9.49. The van der Waals surface area contributed by atoms with Crippen LogP contribution in [0.25, 0.3) is 10.9 Å². The Balaban J connectivity index is 1.47. The Bertz CT molecular complexity index is 892. The molecule has 4 nitrogen and oxygen atoms in total. The van der Waals surface area contributed by atoms with Crippen LogP contribution in [-0.4, -0.2) is 52.2 Å². The van der Waals surface area contributed by atoms with Crippen LogP contribution in [0.2, 0.25) is 5.02 Å². The van der Waals surface area contributed by atoms with Crippen LogP contribution in [0.3, 0.4) is 0 Å². The topological polar surface area (TPSA) is 42.5 Å². The van der Waals surface area contributed by atoms with Gasteiger partial charge in [-0.3, -0.25) is 9.80 Å². The fraction of sp³-hybridized carbons (Fsp3) is 0.429. The van der Waals surface area contributed by atoms with Crippen LogP contribution in [0, 0.1) is 6.92 Å². The number of fused-ring (bicyclic) bond motifs is 1. The van der Waals surface area contributed by atoms with Gasteiger partial charge >= 0.3 is 0 Å². The Morgan fingerprint density at radius 1 is 1.26 bits per heavy atom. The lowest BCUT2D eigenvalue weighted by atomic mass is 10.1. The number of para-hydroxylation sites is 1. The molecule has 1 unspecified atom stereocenters. The number of benzene rings is 1. The number of halogens is 1. The van der Waals surface area contributed by atoms with E-state index in [1.54, 1.807) is 11.3 Å². The van der Waals surface area contributed by atoms with Crippen LogP contribution in [0.1, 0.15) is 23.2 Å². The molecule has 1 aliphatic heterocycles. The molecule has 0 saturated carbocycles. The van der Waals surface area contributed by atoms with Crippen LogP contribution < -0.4 is 0 Å². The maximum atomic E-state index is 9.54. The van der Waals surface area contributed by atoms with E-state index in [0.717, 1.165) is 49.7 Å². The van der Waals surface area contributed by atoms with Crippen molar-refractivity contribution < 1.29 is 5.11 Å². The summed E-state index contributed by atoms with van der Waals surface area (Å²) in [4.78, 5) is 8.55. The number of aryl methyl sites for hydroxylation is 1. The average Bonchev–Trinajstić information content (AvgIpc) is 3.28. The molecule has 3 aromatic rings. The molecule has 4 rings (SSSR count). The van der Waals surface area contributed by atoms with E-state index in [4.69, 9.17) is 11.6 Å². The Kier molecular flexibility index (Phi) is 5.85. The molecule has 144 valence electrons. The Hall–Kier alpha value is -1.37. The molecule has 0 bridgehead atoms. The lowest BCUT2D eigenvalue weighted by Gasteiger charge is -2.41. The number of H-pyrrole nitrogens is 1. The number of aromatic nitrogens is 1. The summed E-state index contributed by atoms with van der Waals surface area (Å²) in [5.41, 5.74) is 4.94. The highest BCUT2D eigenvalue weighted by Gasteiger charge is 2.27. The van der Waals surface area contributed by atoms with Crippen molar-refractivity contribution in [2.75, 3.05) is 26.2 Å². The number of piperazine rings is 1. The molecule has 1 atom stereocenters. The molecule has 0 amide bonds. The summed E-state index contributed by atoms with van der Waals surface area (Å²) in [5, 5.41) is 15.9. The molecule has 1 saturated heterocycles. The number of aliphatic hydroxyl groups is 1. The minimum Gasteiger partial charge on any atom is -0.396 e. The Morgan fingerprint density at radius 2 is 2.15 bits per heavy atom. The van der Waals surface area contributed by atoms with Gasteiger partial charge < -0.3 is 10.1 Å². The zero-order chi connectivity index (χ0) is 18.8. The van der Waals surface area contributed by atoms with E-state index in [2.05, 4.69) is 44.6 Å². The van der Waals surface area contributed by atoms with Gasteiger partial charge in [-0.1, -0.05) is 23.7 Å². The quantitative estimate of drug-likeness (QED) is 0.646. The van der Waals surface area contributed by atoms with Gasteiger partial charge in [0.1, 0.15) is 0 Å². The second kappa shape index (κ2) is 8.33. The number of thiophene rings is 1. The van der Waals surface area contributed by atoms with Crippen molar-refractivity contribution in [2.24, 2.45) is 0 Å². The van der Waals surface area contributed by atoms with Crippen molar-refractivity contribution >= 4 is 33.8 Å². The Labute approximate surface area is 169 Å². The van der Waals surface area contributed by atoms with E-state index in [1.807, 2.05) is 12.1 Å². The minimum atomic E-state index is 0.236. The fourth-order valence-corrected chi connectivity index (χ4v) is 4.98. The number of hydrogen-bond acceptors (Lipinski definition) is 4. The number of nitrogens with zero attached hydrogens (tertiary/aromatic N) is 2. The van der Waals surface area contributed by atoms with E-state index in [-0.39, 0.29) is 6.61 Å². The second-order valence-electron chi connectivity index (χ2n) is 7.39. The van der Waals surface area contributed by atoms with Crippen molar-refractivity contribution in [3.8, 4) is 0 Å². The van der Waals surface area contributed by atoms with E-state index in [1.165, 1.54) is 22.2 Å². The molecule has 3 heterocycles. The highest BCUT2D eigenvalue weighted by atomic mass is 35.5. The van der Waals surface area contributed by atoms with Gasteiger partial charge in [0.2, 0.25) is 0 Å². The highest BCUT2D eigenvalue weighted by molar-refractivity contribution is 7.07. The van der Waals surface area contributed by atoms with E-state index < -0.39 is 0 Å². The first-order chi connectivity index (χ1) is 13.2. The van der Waals surface area contributed by atoms with Gasteiger partial charge in [0, 0.05) is 56.5 Å². The molecule has 27 heavy (non-hydrogen) atoms. The monoisotopic (exact) mass is 403 g/mol. The largest absolute Gasteiger partial charge is 0.396 e. The maximum absolute atomic E-state index is 9.54. The summed E-state index contributed by atoms with van der Waals surface area (Å²) in [7, 11) is 0. The second-order valence-corrected chi connectivity index (χ2v) is 8.58. The van der Waals surface area contributed by atoms with Crippen LogP contribution in [0.15, 0.2) is 35.0 Å². The molecule has 2 N–H and O–H groups in total. The number of nitrogens with one attached hydrogen (secondary N) is 1. The smallest absolute Gasteiger partial charge is 0.0648 e. The van der Waals surface area contributed by atoms with Crippen LogP contribution in [0.4, 0.5) is 0 Å². The number of aliphatic hydroxyl groups excluding tert-OH is 1. The fourth-order valence-electron chi connectivity index (χ4n) is 4.10. The molecule has 0 radical (unpaired) electrons. The van der Waals surface area contributed by atoms with E-state index in [9.17, 15) is 5.11 Å². The SMILES string of the molecule is Cc1c(CN2CCN(Cc3ccsc3)C(CCO)C2)[nH]c2c(Cl)cccc12. The van der Waals surface area contributed by atoms with Crippen LogP contribution >= 0.6 is 22.9 Å². The summed E-state index contributed by atoms with van der Waals surface area (Å²) in [6, 6.07) is 8.66. The third kappa shape index (κ3) is 4.08. The highest BCUT2D eigenvalue weighted by Crippen LogP contribution is 2.29. The van der Waals surface area contributed by atoms with Crippen molar-refractivity contribution in [1.82, 2.24) is 14.8 Å². The van der Waals surface area contributed by atoms with Crippen LogP contribution in [-0.2, 0) is 13.1 Å². The summed E-state index contributed by atoms with van der Waals surface area (Å²) < 4.78 is 0. The van der Waals surface area contributed by atoms with Gasteiger partial charge in [0.15, 0.2) is 0 Å². The van der Waals surface area contributed by atoms with Gasteiger partial charge in [-0.05, 0) is 47.4 Å². The average molecular weight is 404 g/mol. The molecule has 0 spiro atoms. The molecular formula is C21H26ClN3OS. The summed E-state index contributed by atoms with van der Waals surface area (Å²) in [6.45, 7) is 7.32.